The number of carbonyl (C=O) groups is 3. The first-order valence-electron chi connectivity index (χ1n) is 9.17. The fraction of sp³-hybridized carbons (Fsp3) is 0.526. The van der Waals surface area contributed by atoms with Crippen LogP contribution in [0.15, 0.2) is 24.3 Å². The van der Waals surface area contributed by atoms with Gasteiger partial charge in [-0.25, -0.2) is 9.40 Å². The minimum Gasteiger partial charge on any atom is -0.338 e. The Bertz CT molecular complexity index is 640. The number of benzene rings is 1. The predicted molar refractivity (Wildman–Crippen MR) is 98.6 cm³/mol. The summed E-state index contributed by atoms with van der Waals surface area (Å²) < 4.78 is 13.1. The largest absolute Gasteiger partial charge is 0.338 e. The van der Waals surface area contributed by atoms with Gasteiger partial charge in [-0.1, -0.05) is 25.5 Å². The fourth-order valence-electron chi connectivity index (χ4n) is 3.41. The molecule has 1 aliphatic heterocycles. The quantitative estimate of drug-likeness (QED) is 0.685. The van der Waals surface area contributed by atoms with Crippen LogP contribution in [0, 0.1) is 11.7 Å². The standard InChI is InChI=1S/C19H27FN4O3/c1-3-4-16-11-22(2)24(14-26)18(21-13-25)12-23(19(16)27)10-9-15-5-7-17(20)8-6-15/h5-8,13-14,16,18H,3-4,9-12H2,1-2H3,(H,21,25)/t16-,18?/m1/s1. The summed E-state index contributed by atoms with van der Waals surface area (Å²) in [5.74, 6) is -0.522. The molecule has 0 bridgehead atoms. The van der Waals surface area contributed by atoms with Gasteiger partial charge in [0.25, 0.3) is 0 Å². The van der Waals surface area contributed by atoms with Crippen LogP contribution < -0.4 is 5.32 Å². The molecule has 8 heteroatoms. The van der Waals surface area contributed by atoms with Gasteiger partial charge in [0.05, 0.1) is 12.5 Å². The van der Waals surface area contributed by atoms with Gasteiger partial charge in [0.15, 0.2) is 0 Å². The summed E-state index contributed by atoms with van der Waals surface area (Å²) in [6.07, 6.45) is 2.70. The summed E-state index contributed by atoms with van der Waals surface area (Å²) in [6.45, 7) is 3.04. The third kappa shape index (κ3) is 5.50. The van der Waals surface area contributed by atoms with E-state index in [0.717, 1.165) is 12.0 Å². The van der Waals surface area contributed by atoms with E-state index >= 15 is 0 Å². The molecule has 0 aromatic heterocycles. The van der Waals surface area contributed by atoms with Gasteiger partial charge in [0.2, 0.25) is 18.7 Å². The van der Waals surface area contributed by atoms with Gasteiger partial charge in [0, 0.05) is 20.1 Å². The van der Waals surface area contributed by atoms with Crippen molar-refractivity contribution in [2.24, 2.45) is 5.92 Å². The summed E-state index contributed by atoms with van der Waals surface area (Å²) in [5, 5.41) is 5.71. The second kappa shape index (κ2) is 10.0. The highest BCUT2D eigenvalue weighted by molar-refractivity contribution is 5.79. The molecule has 0 spiro atoms. The van der Waals surface area contributed by atoms with Crippen LogP contribution in [0.5, 0.6) is 0 Å². The van der Waals surface area contributed by atoms with Gasteiger partial charge in [-0.15, -0.1) is 0 Å². The van der Waals surface area contributed by atoms with Crippen molar-refractivity contribution < 1.29 is 18.8 Å². The van der Waals surface area contributed by atoms with Crippen molar-refractivity contribution in [3.05, 3.63) is 35.6 Å². The maximum Gasteiger partial charge on any atom is 0.227 e. The molecule has 7 nitrogen and oxygen atoms in total. The summed E-state index contributed by atoms with van der Waals surface area (Å²) in [5.41, 5.74) is 0.919. The number of hydrazine groups is 1. The monoisotopic (exact) mass is 378 g/mol. The Morgan fingerprint density at radius 3 is 2.52 bits per heavy atom. The zero-order valence-corrected chi connectivity index (χ0v) is 15.8. The molecule has 1 aromatic carbocycles. The van der Waals surface area contributed by atoms with Crippen molar-refractivity contribution in [2.45, 2.75) is 32.4 Å². The highest BCUT2D eigenvalue weighted by Crippen LogP contribution is 2.18. The molecule has 2 rings (SSSR count). The Morgan fingerprint density at radius 1 is 1.22 bits per heavy atom. The normalized spacial score (nSPS) is 21.5. The van der Waals surface area contributed by atoms with Gasteiger partial charge in [0.1, 0.15) is 12.0 Å². The van der Waals surface area contributed by atoms with Crippen molar-refractivity contribution >= 4 is 18.7 Å². The van der Waals surface area contributed by atoms with Gasteiger partial charge < -0.3 is 10.2 Å². The number of rotatable bonds is 8. The molecule has 1 saturated heterocycles. The van der Waals surface area contributed by atoms with Crippen LogP contribution in [0.3, 0.4) is 0 Å². The summed E-state index contributed by atoms with van der Waals surface area (Å²) in [4.78, 5) is 37.3. The van der Waals surface area contributed by atoms with Crippen molar-refractivity contribution in [3.8, 4) is 0 Å². The molecule has 1 aromatic rings. The number of halogens is 1. The summed E-state index contributed by atoms with van der Waals surface area (Å²) in [6, 6.07) is 6.18. The summed E-state index contributed by atoms with van der Waals surface area (Å²) in [7, 11) is 1.73. The van der Waals surface area contributed by atoms with Crippen LogP contribution in [0.25, 0.3) is 0 Å². The van der Waals surface area contributed by atoms with Crippen molar-refractivity contribution in [1.29, 1.82) is 0 Å². The maximum atomic E-state index is 13.1. The average Bonchev–Trinajstić information content (AvgIpc) is 2.65. The Hall–Kier alpha value is -2.48. The van der Waals surface area contributed by atoms with Crippen LogP contribution in [0.4, 0.5) is 4.39 Å². The molecule has 3 amide bonds. The zero-order chi connectivity index (χ0) is 19.8. The second-order valence-electron chi connectivity index (χ2n) is 6.77. The molecule has 0 saturated carbocycles. The Kier molecular flexibility index (Phi) is 7.72. The molecule has 27 heavy (non-hydrogen) atoms. The summed E-state index contributed by atoms with van der Waals surface area (Å²) >= 11 is 0. The second-order valence-corrected chi connectivity index (χ2v) is 6.77. The van der Waals surface area contributed by atoms with E-state index in [0.29, 0.717) is 38.8 Å². The Labute approximate surface area is 159 Å². The van der Waals surface area contributed by atoms with E-state index in [2.05, 4.69) is 5.32 Å². The zero-order valence-electron chi connectivity index (χ0n) is 15.8. The Morgan fingerprint density at radius 2 is 1.93 bits per heavy atom. The highest BCUT2D eigenvalue weighted by atomic mass is 19.1. The molecule has 1 unspecified atom stereocenters. The molecule has 1 N–H and O–H groups in total. The minimum atomic E-state index is -0.634. The number of hydrogen-bond acceptors (Lipinski definition) is 4. The predicted octanol–water partition coefficient (Wildman–Crippen LogP) is 1.00. The third-order valence-electron chi connectivity index (χ3n) is 4.84. The first-order chi connectivity index (χ1) is 13.0. The third-order valence-corrected chi connectivity index (χ3v) is 4.84. The molecular formula is C19H27FN4O3. The molecule has 2 atom stereocenters. The SMILES string of the molecule is CCC[C@@H]1CN(C)N(C=O)C(NC=O)CN(CCc2ccc(F)cc2)C1=O. The van der Waals surface area contributed by atoms with E-state index in [9.17, 15) is 18.8 Å². The molecule has 0 aliphatic carbocycles. The lowest BCUT2D eigenvalue weighted by Crippen LogP contribution is -2.62. The lowest BCUT2D eigenvalue weighted by atomic mass is 10.0. The van der Waals surface area contributed by atoms with Crippen LogP contribution >= 0.6 is 0 Å². The van der Waals surface area contributed by atoms with Gasteiger partial charge in [-0.2, -0.15) is 0 Å². The maximum absolute atomic E-state index is 13.1. The van der Waals surface area contributed by atoms with Gasteiger partial charge >= 0.3 is 0 Å². The number of amides is 3. The number of nitrogens with zero attached hydrogens (tertiary/aromatic N) is 3. The molecule has 0 radical (unpaired) electrons. The van der Waals surface area contributed by atoms with Gasteiger partial charge in [-0.05, 0) is 30.5 Å². The lowest BCUT2D eigenvalue weighted by molar-refractivity contribution is -0.157. The van der Waals surface area contributed by atoms with Crippen LogP contribution in [-0.4, -0.2) is 66.5 Å². The van der Waals surface area contributed by atoms with E-state index in [1.165, 1.54) is 17.1 Å². The molecule has 1 fully saturated rings. The average molecular weight is 378 g/mol. The van der Waals surface area contributed by atoms with Crippen molar-refractivity contribution in [1.82, 2.24) is 20.2 Å². The first-order valence-corrected chi connectivity index (χ1v) is 9.17. The van der Waals surface area contributed by atoms with E-state index in [1.54, 1.807) is 29.1 Å². The van der Waals surface area contributed by atoms with Crippen molar-refractivity contribution in [2.75, 3.05) is 26.7 Å². The topological polar surface area (TPSA) is 73.0 Å². The van der Waals surface area contributed by atoms with Crippen LogP contribution in [-0.2, 0) is 20.8 Å². The van der Waals surface area contributed by atoms with E-state index in [4.69, 9.17) is 0 Å². The lowest BCUT2D eigenvalue weighted by Gasteiger charge is -2.42. The molecule has 1 heterocycles. The highest BCUT2D eigenvalue weighted by Gasteiger charge is 2.34. The molecule has 1 aliphatic rings. The smallest absolute Gasteiger partial charge is 0.227 e. The van der Waals surface area contributed by atoms with Crippen LogP contribution in [0.2, 0.25) is 0 Å². The van der Waals surface area contributed by atoms with E-state index in [1.807, 2.05) is 6.92 Å². The van der Waals surface area contributed by atoms with E-state index < -0.39 is 6.17 Å². The minimum absolute atomic E-state index is 0.00839. The fourth-order valence-corrected chi connectivity index (χ4v) is 3.41. The number of hydrogen-bond donors (Lipinski definition) is 1. The molecule has 148 valence electrons. The van der Waals surface area contributed by atoms with Crippen LogP contribution in [0.1, 0.15) is 25.3 Å². The number of nitrogens with one attached hydrogen (secondary N) is 1. The Balaban J connectivity index is 2.20. The molecular weight excluding hydrogens is 351 g/mol. The number of carbonyl (C=O) groups excluding carboxylic acids is 3. The first kappa shape index (κ1) is 20.8. The van der Waals surface area contributed by atoms with Crippen molar-refractivity contribution in [3.63, 3.8) is 0 Å². The van der Waals surface area contributed by atoms with E-state index in [-0.39, 0.29) is 24.2 Å². The van der Waals surface area contributed by atoms with Gasteiger partial charge in [-0.3, -0.25) is 19.4 Å².